The first kappa shape index (κ1) is 14.1. The summed E-state index contributed by atoms with van der Waals surface area (Å²) in [5.41, 5.74) is 6.18. The van der Waals surface area contributed by atoms with Gasteiger partial charge in [0.25, 0.3) is 11.8 Å². The third-order valence-corrected chi connectivity index (χ3v) is 2.79. The maximum atomic E-state index is 12.1. The molecule has 104 valence electrons. The number of benzene rings is 2. The topological polar surface area (TPSA) is 116 Å². The van der Waals surface area contributed by atoms with Crippen molar-refractivity contribution in [3.8, 4) is 11.8 Å². The Bertz CT molecular complexity index is 746. The average Bonchev–Trinajstić information content (AvgIpc) is 2.49. The highest BCUT2D eigenvalue weighted by atomic mass is 16.3. The Hall–Kier alpha value is -3.33. The summed E-state index contributed by atoms with van der Waals surface area (Å²) in [7, 11) is 0. The van der Waals surface area contributed by atoms with Gasteiger partial charge < -0.3 is 16.2 Å². The first-order valence-corrected chi connectivity index (χ1v) is 5.95. The number of amides is 2. The van der Waals surface area contributed by atoms with E-state index in [1.807, 2.05) is 6.07 Å². The Labute approximate surface area is 120 Å². The predicted molar refractivity (Wildman–Crippen MR) is 75.7 cm³/mol. The smallest absolute Gasteiger partial charge is 0.255 e. The molecular formula is C15H11N3O3. The van der Waals surface area contributed by atoms with Crippen LogP contribution in [0.4, 0.5) is 5.69 Å². The number of aromatic hydroxyl groups is 1. The van der Waals surface area contributed by atoms with Crippen LogP contribution in [0.3, 0.4) is 0 Å². The quantitative estimate of drug-likeness (QED) is 0.741. The van der Waals surface area contributed by atoms with E-state index in [0.29, 0.717) is 11.1 Å². The van der Waals surface area contributed by atoms with Crippen molar-refractivity contribution >= 4 is 17.5 Å². The molecule has 6 nitrogen and oxygen atoms in total. The number of nitriles is 1. The summed E-state index contributed by atoms with van der Waals surface area (Å²) in [6.45, 7) is 0. The lowest BCUT2D eigenvalue weighted by atomic mass is 10.1. The molecule has 0 radical (unpaired) electrons. The van der Waals surface area contributed by atoms with Gasteiger partial charge in [0.05, 0.1) is 22.9 Å². The highest BCUT2D eigenvalue weighted by Crippen LogP contribution is 2.21. The van der Waals surface area contributed by atoms with Crippen LogP contribution >= 0.6 is 0 Å². The fraction of sp³-hybridized carbons (Fsp3) is 0. The molecule has 0 atom stereocenters. The van der Waals surface area contributed by atoms with E-state index in [2.05, 4.69) is 5.32 Å². The maximum absolute atomic E-state index is 12.1. The predicted octanol–water partition coefficient (Wildman–Crippen LogP) is 1.62. The van der Waals surface area contributed by atoms with Gasteiger partial charge in [-0.2, -0.15) is 5.26 Å². The highest BCUT2D eigenvalue weighted by Gasteiger charge is 2.13. The minimum Gasteiger partial charge on any atom is -0.508 e. The van der Waals surface area contributed by atoms with Crippen LogP contribution in [0.1, 0.15) is 26.3 Å². The number of nitrogens with zero attached hydrogens (tertiary/aromatic N) is 1. The number of nitrogens with one attached hydrogen (secondary N) is 1. The zero-order chi connectivity index (χ0) is 15.4. The van der Waals surface area contributed by atoms with Gasteiger partial charge in [0, 0.05) is 5.56 Å². The molecular weight excluding hydrogens is 270 g/mol. The van der Waals surface area contributed by atoms with Crippen molar-refractivity contribution in [2.24, 2.45) is 5.73 Å². The first-order chi connectivity index (χ1) is 10.0. The van der Waals surface area contributed by atoms with Crippen LogP contribution in [0.5, 0.6) is 5.75 Å². The minimum absolute atomic E-state index is 0.0111. The van der Waals surface area contributed by atoms with E-state index in [1.54, 1.807) is 0 Å². The van der Waals surface area contributed by atoms with Crippen molar-refractivity contribution < 1.29 is 14.7 Å². The van der Waals surface area contributed by atoms with Crippen molar-refractivity contribution in [1.82, 2.24) is 0 Å². The molecule has 4 N–H and O–H groups in total. The zero-order valence-electron chi connectivity index (χ0n) is 10.8. The molecule has 2 aromatic rings. The molecule has 21 heavy (non-hydrogen) atoms. The fourth-order valence-electron chi connectivity index (χ4n) is 1.74. The molecule has 0 fully saturated rings. The molecule has 0 aliphatic heterocycles. The summed E-state index contributed by atoms with van der Waals surface area (Å²) in [4.78, 5) is 23.4. The summed E-state index contributed by atoms with van der Waals surface area (Å²) in [5.74, 6) is -1.34. The van der Waals surface area contributed by atoms with E-state index < -0.39 is 11.8 Å². The van der Waals surface area contributed by atoms with Crippen molar-refractivity contribution in [2.45, 2.75) is 0 Å². The van der Waals surface area contributed by atoms with Crippen LogP contribution in [0.25, 0.3) is 0 Å². The summed E-state index contributed by atoms with van der Waals surface area (Å²) in [6, 6.07) is 11.9. The average molecular weight is 281 g/mol. The van der Waals surface area contributed by atoms with E-state index in [1.165, 1.54) is 42.5 Å². The maximum Gasteiger partial charge on any atom is 0.255 e. The molecule has 0 aliphatic carbocycles. The molecule has 2 rings (SSSR count). The summed E-state index contributed by atoms with van der Waals surface area (Å²) in [5, 5.41) is 20.6. The molecule has 0 aromatic heterocycles. The third kappa shape index (κ3) is 3.16. The molecule has 6 heteroatoms. The number of carbonyl (C=O) groups excluding carboxylic acids is 2. The molecule has 0 heterocycles. The number of nitrogens with two attached hydrogens (primary N) is 1. The van der Waals surface area contributed by atoms with Crippen molar-refractivity contribution in [3.05, 3.63) is 59.2 Å². The zero-order valence-corrected chi connectivity index (χ0v) is 10.8. The number of carbonyl (C=O) groups is 2. The molecule has 2 aromatic carbocycles. The van der Waals surface area contributed by atoms with Crippen molar-refractivity contribution in [3.63, 3.8) is 0 Å². The van der Waals surface area contributed by atoms with Gasteiger partial charge in [-0.1, -0.05) is 0 Å². The summed E-state index contributed by atoms with van der Waals surface area (Å²) < 4.78 is 0. The van der Waals surface area contributed by atoms with E-state index in [0.717, 1.165) is 0 Å². The second kappa shape index (κ2) is 5.75. The summed E-state index contributed by atoms with van der Waals surface area (Å²) in [6.07, 6.45) is 0. The molecule has 0 unspecified atom stereocenters. The fourth-order valence-corrected chi connectivity index (χ4v) is 1.74. The van der Waals surface area contributed by atoms with Gasteiger partial charge >= 0.3 is 0 Å². The molecule has 0 saturated heterocycles. The van der Waals surface area contributed by atoms with Crippen molar-refractivity contribution in [2.75, 3.05) is 5.32 Å². The van der Waals surface area contributed by atoms with E-state index in [4.69, 9.17) is 11.0 Å². The van der Waals surface area contributed by atoms with E-state index in [-0.39, 0.29) is 17.0 Å². The Morgan fingerprint density at radius 1 is 1.14 bits per heavy atom. The Morgan fingerprint density at radius 3 is 2.38 bits per heavy atom. The van der Waals surface area contributed by atoms with Gasteiger partial charge in [-0.05, 0) is 42.5 Å². The normalized spacial score (nSPS) is 9.67. The van der Waals surface area contributed by atoms with E-state index >= 15 is 0 Å². The van der Waals surface area contributed by atoms with Gasteiger partial charge in [-0.3, -0.25) is 9.59 Å². The number of phenolic OH excluding ortho intramolecular Hbond substituents is 1. The molecule has 0 aliphatic rings. The van der Waals surface area contributed by atoms with Crippen molar-refractivity contribution in [1.29, 1.82) is 5.26 Å². The Morgan fingerprint density at radius 2 is 1.81 bits per heavy atom. The van der Waals surface area contributed by atoms with Gasteiger partial charge in [0.2, 0.25) is 0 Å². The van der Waals surface area contributed by atoms with Gasteiger partial charge in [0.15, 0.2) is 0 Å². The van der Waals surface area contributed by atoms with Crippen LogP contribution in [0.2, 0.25) is 0 Å². The molecule has 2 amide bonds. The van der Waals surface area contributed by atoms with Gasteiger partial charge in [0.1, 0.15) is 5.75 Å². The largest absolute Gasteiger partial charge is 0.508 e. The molecule has 0 saturated carbocycles. The summed E-state index contributed by atoms with van der Waals surface area (Å²) >= 11 is 0. The second-order valence-electron chi connectivity index (χ2n) is 4.24. The third-order valence-electron chi connectivity index (χ3n) is 2.79. The van der Waals surface area contributed by atoms with Crippen LogP contribution in [0, 0.1) is 11.3 Å². The van der Waals surface area contributed by atoms with Crippen LogP contribution in [-0.2, 0) is 0 Å². The standard InChI is InChI=1S/C15H11N3O3/c16-8-9-1-3-10(4-2-9)15(21)18-13-6-5-11(19)7-12(13)14(17)20/h1-7,19H,(H2,17,20)(H,18,21). The lowest BCUT2D eigenvalue weighted by Gasteiger charge is -2.09. The number of rotatable bonds is 3. The van der Waals surface area contributed by atoms with Crippen LogP contribution in [-0.4, -0.2) is 16.9 Å². The molecule has 0 spiro atoms. The number of anilines is 1. The number of hydrogen-bond acceptors (Lipinski definition) is 4. The number of phenols is 1. The van der Waals surface area contributed by atoms with Gasteiger partial charge in [-0.15, -0.1) is 0 Å². The molecule has 0 bridgehead atoms. The minimum atomic E-state index is -0.763. The Kier molecular flexibility index (Phi) is 3.86. The van der Waals surface area contributed by atoms with E-state index in [9.17, 15) is 14.7 Å². The SMILES string of the molecule is N#Cc1ccc(C(=O)Nc2ccc(O)cc2C(N)=O)cc1. The second-order valence-corrected chi connectivity index (χ2v) is 4.24. The lowest BCUT2D eigenvalue weighted by Crippen LogP contribution is -2.18. The lowest BCUT2D eigenvalue weighted by molar-refractivity contribution is 0.100. The highest BCUT2D eigenvalue weighted by molar-refractivity contribution is 6.08. The number of hydrogen-bond donors (Lipinski definition) is 3. The monoisotopic (exact) mass is 281 g/mol. The number of primary amides is 1. The first-order valence-electron chi connectivity index (χ1n) is 5.95. The Balaban J connectivity index is 2.27. The van der Waals surface area contributed by atoms with Crippen LogP contribution < -0.4 is 11.1 Å². The van der Waals surface area contributed by atoms with Gasteiger partial charge in [-0.25, -0.2) is 0 Å². The van der Waals surface area contributed by atoms with Crippen LogP contribution in [0.15, 0.2) is 42.5 Å².